The zero-order valence-electron chi connectivity index (χ0n) is 15.6. The fourth-order valence-corrected chi connectivity index (χ4v) is 3.32. The molecule has 0 aromatic heterocycles. The number of hydrogen-bond acceptors (Lipinski definition) is 5. The lowest BCUT2D eigenvalue weighted by Crippen LogP contribution is -2.60. The van der Waals surface area contributed by atoms with Gasteiger partial charge in [0, 0.05) is 12.2 Å². The summed E-state index contributed by atoms with van der Waals surface area (Å²) < 4.78 is 0. The molecule has 2 aromatic carbocycles. The summed E-state index contributed by atoms with van der Waals surface area (Å²) >= 11 is 0. The lowest BCUT2D eigenvalue weighted by atomic mass is 9.88. The first-order chi connectivity index (χ1) is 13.2. The van der Waals surface area contributed by atoms with Gasteiger partial charge in [0.2, 0.25) is 0 Å². The van der Waals surface area contributed by atoms with E-state index in [1.807, 2.05) is 31.1 Å². The van der Waals surface area contributed by atoms with Crippen LogP contribution in [0.5, 0.6) is 0 Å². The van der Waals surface area contributed by atoms with Gasteiger partial charge in [0.1, 0.15) is 12.3 Å². The number of nitrogens with one attached hydrogen (secondary N) is 3. The first kappa shape index (κ1) is 20.6. The van der Waals surface area contributed by atoms with Crippen molar-refractivity contribution in [3.63, 3.8) is 0 Å². The number of anilines is 1. The fourth-order valence-electron chi connectivity index (χ4n) is 3.32. The first-order valence-corrected chi connectivity index (χ1v) is 9.08. The van der Waals surface area contributed by atoms with Gasteiger partial charge in [0.15, 0.2) is 0 Å². The zero-order valence-corrected chi connectivity index (χ0v) is 15.6. The first-order valence-electron chi connectivity index (χ1n) is 9.08. The Kier molecular flexibility index (Phi) is 7.52. The number of aryl methyl sites for hydroxylation is 1. The Bertz CT molecular complexity index is 723. The summed E-state index contributed by atoms with van der Waals surface area (Å²) in [6.45, 7) is 5.52. The van der Waals surface area contributed by atoms with Crippen LogP contribution in [0.3, 0.4) is 0 Å². The van der Waals surface area contributed by atoms with Crippen molar-refractivity contribution in [1.82, 2.24) is 10.8 Å². The van der Waals surface area contributed by atoms with Crippen LogP contribution >= 0.6 is 0 Å². The number of rotatable bonds is 5. The number of piperidine rings is 1. The van der Waals surface area contributed by atoms with Crippen molar-refractivity contribution in [2.75, 3.05) is 18.4 Å². The van der Waals surface area contributed by atoms with Crippen molar-refractivity contribution in [2.45, 2.75) is 31.7 Å². The van der Waals surface area contributed by atoms with Crippen molar-refractivity contribution in [3.8, 4) is 11.1 Å². The minimum atomic E-state index is -0.822. The van der Waals surface area contributed by atoms with Crippen molar-refractivity contribution < 1.29 is 14.8 Å². The maximum absolute atomic E-state index is 12.2. The standard InChI is InChI=1S/C20H25N3O2.CH2O/c1-2-15-4-6-16(7-5-15)17-8-10-18(11-9-17)22-20(19(24)23-25)12-3-13-21-14-20;1-2/h4-11,21-22,25H,2-3,12-14H2,1H3,(H,23,24);1H2. The third-order valence-corrected chi connectivity index (χ3v) is 4.88. The Hall–Kier alpha value is -2.70. The van der Waals surface area contributed by atoms with E-state index in [-0.39, 0.29) is 0 Å². The van der Waals surface area contributed by atoms with Crippen LogP contribution in [0.15, 0.2) is 48.5 Å². The van der Waals surface area contributed by atoms with Crippen LogP contribution in [0.2, 0.25) is 0 Å². The van der Waals surface area contributed by atoms with Crippen LogP contribution in [-0.4, -0.2) is 36.5 Å². The number of carbonyl (C=O) groups is 2. The number of hydroxylamine groups is 1. The highest BCUT2D eigenvalue weighted by molar-refractivity contribution is 5.89. The molecule has 0 aliphatic carbocycles. The minimum absolute atomic E-state index is 0.404. The molecule has 1 fully saturated rings. The summed E-state index contributed by atoms with van der Waals surface area (Å²) in [5.41, 5.74) is 5.47. The van der Waals surface area contributed by atoms with Gasteiger partial charge in [0.05, 0.1) is 0 Å². The Balaban J connectivity index is 0.00000126. The molecule has 0 radical (unpaired) electrons. The second kappa shape index (κ2) is 9.85. The molecular formula is C21H27N3O3. The Morgan fingerprint density at radius 2 is 1.70 bits per heavy atom. The highest BCUT2D eigenvalue weighted by atomic mass is 16.5. The Labute approximate surface area is 159 Å². The summed E-state index contributed by atoms with van der Waals surface area (Å²) in [5, 5.41) is 15.6. The van der Waals surface area contributed by atoms with Gasteiger partial charge in [0.25, 0.3) is 5.91 Å². The second-order valence-corrected chi connectivity index (χ2v) is 6.56. The molecule has 4 N–H and O–H groups in total. The molecular weight excluding hydrogens is 342 g/mol. The van der Waals surface area contributed by atoms with Crippen LogP contribution in [-0.2, 0) is 16.0 Å². The number of carbonyl (C=O) groups excluding carboxylic acids is 2. The van der Waals surface area contributed by atoms with Crippen LogP contribution in [0.25, 0.3) is 11.1 Å². The van der Waals surface area contributed by atoms with E-state index in [0.29, 0.717) is 13.0 Å². The minimum Gasteiger partial charge on any atom is -0.370 e. The smallest absolute Gasteiger partial charge is 0.270 e. The number of amides is 1. The van der Waals surface area contributed by atoms with Gasteiger partial charge in [-0.25, -0.2) is 5.48 Å². The van der Waals surface area contributed by atoms with Gasteiger partial charge in [-0.1, -0.05) is 43.3 Å². The summed E-state index contributed by atoms with van der Waals surface area (Å²) in [6.07, 6.45) is 2.58. The van der Waals surface area contributed by atoms with Gasteiger partial charge < -0.3 is 15.4 Å². The maximum atomic E-state index is 12.2. The lowest BCUT2D eigenvalue weighted by Gasteiger charge is -2.37. The topological polar surface area (TPSA) is 90.5 Å². The average Bonchev–Trinajstić information content (AvgIpc) is 2.76. The molecule has 0 spiro atoms. The predicted octanol–water partition coefficient (Wildman–Crippen LogP) is 2.77. The number of benzene rings is 2. The second-order valence-electron chi connectivity index (χ2n) is 6.56. The molecule has 1 saturated heterocycles. The molecule has 1 aliphatic rings. The fraction of sp³-hybridized carbons (Fsp3) is 0.333. The predicted molar refractivity (Wildman–Crippen MR) is 107 cm³/mol. The molecule has 0 saturated carbocycles. The van der Waals surface area contributed by atoms with Crippen molar-refractivity contribution in [3.05, 3.63) is 54.1 Å². The number of hydrogen-bond donors (Lipinski definition) is 4. The van der Waals surface area contributed by atoms with Crippen molar-refractivity contribution in [2.24, 2.45) is 0 Å². The van der Waals surface area contributed by atoms with Crippen molar-refractivity contribution >= 4 is 18.4 Å². The molecule has 27 heavy (non-hydrogen) atoms. The van der Waals surface area contributed by atoms with E-state index in [4.69, 9.17) is 10.0 Å². The molecule has 1 atom stereocenters. The molecule has 2 aromatic rings. The maximum Gasteiger partial charge on any atom is 0.270 e. The van der Waals surface area contributed by atoms with Crippen LogP contribution < -0.4 is 16.1 Å². The Morgan fingerprint density at radius 3 is 2.19 bits per heavy atom. The quantitative estimate of drug-likeness (QED) is 0.481. The summed E-state index contributed by atoms with van der Waals surface area (Å²) in [7, 11) is 0. The van der Waals surface area contributed by atoms with Crippen LogP contribution in [0.1, 0.15) is 25.3 Å². The molecule has 1 heterocycles. The largest absolute Gasteiger partial charge is 0.370 e. The summed E-state index contributed by atoms with van der Waals surface area (Å²) in [6, 6.07) is 16.6. The summed E-state index contributed by atoms with van der Waals surface area (Å²) in [5.74, 6) is -0.404. The normalized spacial score (nSPS) is 18.7. The molecule has 1 aliphatic heterocycles. The molecule has 1 amide bonds. The molecule has 1 unspecified atom stereocenters. The van der Waals surface area contributed by atoms with Gasteiger partial charge in [-0.2, -0.15) is 0 Å². The third-order valence-electron chi connectivity index (χ3n) is 4.88. The van der Waals surface area contributed by atoms with Crippen LogP contribution in [0, 0.1) is 0 Å². The van der Waals surface area contributed by atoms with E-state index in [1.165, 1.54) is 11.1 Å². The molecule has 3 rings (SSSR count). The lowest BCUT2D eigenvalue weighted by molar-refractivity contribution is -0.134. The van der Waals surface area contributed by atoms with Gasteiger partial charge in [-0.05, 0) is 54.6 Å². The molecule has 0 bridgehead atoms. The molecule has 144 valence electrons. The third kappa shape index (κ3) is 4.93. The monoisotopic (exact) mass is 369 g/mol. The van der Waals surface area contributed by atoms with E-state index < -0.39 is 11.4 Å². The van der Waals surface area contributed by atoms with E-state index in [1.54, 1.807) is 5.48 Å². The molecule has 6 nitrogen and oxygen atoms in total. The average molecular weight is 369 g/mol. The van der Waals surface area contributed by atoms with E-state index in [0.717, 1.165) is 30.6 Å². The molecule has 6 heteroatoms. The van der Waals surface area contributed by atoms with Crippen molar-refractivity contribution in [1.29, 1.82) is 0 Å². The SMILES string of the molecule is C=O.CCc1ccc(-c2ccc(NC3(C(=O)NO)CCCNC3)cc2)cc1. The summed E-state index contributed by atoms with van der Waals surface area (Å²) in [4.78, 5) is 20.2. The highest BCUT2D eigenvalue weighted by Crippen LogP contribution is 2.26. The van der Waals surface area contributed by atoms with E-state index in [2.05, 4.69) is 41.8 Å². The van der Waals surface area contributed by atoms with Gasteiger partial charge in [-0.15, -0.1) is 0 Å². The zero-order chi connectivity index (χ0) is 19.7. The Morgan fingerprint density at radius 1 is 1.11 bits per heavy atom. The van der Waals surface area contributed by atoms with E-state index in [9.17, 15) is 4.79 Å². The van der Waals surface area contributed by atoms with Crippen LogP contribution in [0.4, 0.5) is 5.69 Å². The van der Waals surface area contributed by atoms with Gasteiger partial charge in [-0.3, -0.25) is 10.0 Å². The van der Waals surface area contributed by atoms with E-state index >= 15 is 0 Å². The van der Waals surface area contributed by atoms with Gasteiger partial charge >= 0.3 is 0 Å². The highest BCUT2D eigenvalue weighted by Gasteiger charge is 2.39.